The summed E-state index contributed by atoms with van der Waals surface area (Å²) in [6, 6.07) is 9.31. The van der Waals surface area contributed by atoms with Gasteiger partial charge >= 0.3 is 5.97 Å². The number of aliphatic carboxylic acids is 1. The van der Waals surface area contributed by atoms with Crippen LogP contribution in [0.3, 0.4) is 0 Å². The molecule has 1 fully saturated rings. The van der Waals surface area contributed by atoms with Crippen LogP contribution >= 0.6 is 0 Å². The molecule has 0 bridgehead atoms. The maximum atomic E-state index is 12.1. The summed E-state index contributed by atoms with van der Waals surface area (Å²) in [7, 11) is 0. The number of rotatable bonds is 3. The van der Waals surface area contributed by atoms with Crippen molar-refractivity contribution in [1.29, 1.82) is 0 Å². The molecule has 0 amide bonds. The maximum Gasteiger partial charge on any atom is 0.306 e. The Hall–Kier alpha value is -2.34. The zero-order valence-electron chi connectivity index (χ0n) is 11.4. The summed E-state index contributed by atoms with van der Waals surface area (Å²) < 4.78 is 5.44. The fourth-order valence-corrected chi connectivity index (χ4v) is 2.62. The number of hydrogen-bond donors (Lipinski definition) is 2. The van der Waals surface area contributed by atoms with E-state index >= 15 is 0 Å². The Morgan fingerprint density at radius 3 is 3.05 bits per heavy atom. The van der Waals surface area contributed by atoms with E-state index in [0.717, 1.165) is 5.39 Å². The van der Waals surface area contributed by atoms with Gasteiger partial charge in [0, 0.05) is 18.5 Å². The molecule has 2 N–H and O–H groups in total. The monoisotopic (exact) mass is 288 g/mol. The van der Waals surface area contributed by atoms with Crippen molar-refractivity contribution in [3.8, 4) is 0 Å². The third-order valence-corrected chi connectivity index (χ3v) is 3.62. The van der Waals surface area contributed by atoms with Gasteiger partial charge in [0.25, 0.3) is 5.56 Å². The number of fused-ring (bicyclic) bond motifs is 1. The second-order valence-corrected chi connectivity index (χ2v) is 5.11. The summed E-state index contributed by atoms with van der Waals surface area (Å²) in [5.41, 5.74) is -0.135. The van der Waals surface area contributed by atoms with Crippen LogP contribution in [0.15, 0.2) is 35.1 Å². The number of benzene rings is 1. The predicted octanol–water partition coefficient (Wildman–Crippen LogP) is 1.21. The van der Waals surface area contributed by atoms with Gasteiger partial charge in [-0.3, -0.25) is 9.59 Å². The van der Waals surface area contributed by atoms with Gasteiger partial charge in [0.15, 0.2) is 0 Å². The minimum absolute atomic E-state index is 0.0334. The quantitative estimate of drug-likeness (QED) is 0.887. The lowest BCUT2D eigenvalue weighted by Crippen LogP contribution is -2.44. The first-order valence-electron chi connectivity index (χ1n) is 6.84. The number of nitrogens with one attached hydrogen (secondary N) is 1. The summed E-state index contributed by atoms with van der Waals surface area (Å²) >= 11 is 0. The van der Waals surface area contributed by atoms with Gasteiger partial charge in [-0.25, -0.2) is 0 Å². The Morgan fingerprint density at radius 2 is 2.24 bits per heavy atom. The molecule has 3 rings (SSSR count). The number of nitrogens with zero attached hydrogens (tertiary/aromatic N) is 1. The van der Waals surface area contributed by atoms with E-state index in [1.165, 1.54) is 0 Å². The van der Waals surface area contributed by atoms with Crippen molar-refractivity contribution in [3.05, 3.63) is 40.7 Å². The highest BCUT2D eigenvalue weighted by Gasteiger charge is 2.23. The van der Waals surface area contributed by atoms with Crippen LogP contribution in [0.1, 0.15) is 6.42 Å². The van der Waals surface area contributed by atoms with E-state index in [9.17, 15) is 9.59 Å². The van der Waals surface area contributed by atoms with Crippen molar-refractivity contribution < 1.29 is 14.6 Å². The minimum Gasteiger partial charge on any atom is -0.481 e. The zero-order valence-corrected chi connectivity index (χ0v) is 11.4. The van der Waals surface area contributed by atoms with Gasteiger partial charge in [0.2, 0.25) is 0 Å². The topological polar surface area (TPSA) is 82.6 Å². The van der Waals surface area contributed by atoms with E-state index in [1.807, 2.05) is 29.2 Å². The van der Waals surface area contributed by atoms with Crippen molar-refractivity contribution in [2.45, 2.75) is 12.5 Å². The first kappa shape index (κ1) is 13.6. The molecule has 1 unspecified atom stereocenters. The Kier molecular flexibility index (Phi) is 3.62. The largest absolute Gasteiger partial charge is 0.481 e. The van der Waals surface area contributed by atoms with Crippen molar-refractivity contribution in [2.24, 2.45) is 0 Å². The predicted molar refractivity (Wildman–Crippen MR) is 78.8 cm³/mol. The average Bonchev–Trinajstić information content (AvgIpc) is 2.47. The molecular weight excluding hydrogens is 272 g/mol. The molecule has 1 aromatic carbocycles. The molecule has 1 saturated heterocycles. The Balaban J connectivity index is 1.89. The molecule has 1 aliphatic rings. The number of aromatic nitrogens is 1. The Labute approximate surface area is 121 Å². The van der Waals surface area contributed by atoms with E-state index in [-0.39, 0.29) is 18.1 Å². The fraction of sp³-hybridized carbons (Fsp3) is 0.333. The van der Waals surface area contributed by atoms with E-state index < -0.39 is 5.97 Å². The molecule has 1 aliphatic heterocycles. The highest BCUT2D eigenvalue weighted by Crippen LogP contribution is 2.19. The van der Waals surface area contributed by atoms with E-state index in [2.05, 4.69) is 4.98 Å². The Bertz CT molecular complexity index is 725. The number of anilines is 1. The van der Waals surface area contributed by atoms with Gasteiger partial charge in [-0.05, 0) is 17.5 Å². The number of carboxylic acids is 1. The number of morpholine rings is 1. The van der Waals surface area contributed by atoms with Gasteiger partial charge in [0.1, 0.15) is 5.82 Å². The second kappa shape index (κ2) is 5.57. The molecule has 2 aromatic rings. The van der Waals surface area contributed by atoms with Crippen molar-refractivity contribution >= 4 is 22.6 Å². The number of carboxylic acid groups (broad SMARTS) is 1. The van der Waals surface area contributed by atoms with Gasteiger partial charge < -0.3 is 19.7 Å². The van der Waals surface area contributed by atoms with Crippen LogP contribution in [0.5, 0.6) is 0 Å². The summed E-state index contributed by atoms with van der Waals surface area (Å²) in [6.45, 7) is 1.54. The summed E-state index contributed by atoms with van der Waals surface area (Å²) in [6.07, 6.45) is -0.389. The maximum absolute atomic E-state index is 12.1. The third-order valence-electron chi connectivity index (χ3n) is 3.62. The fourth-order valence-electron chi connectivity index (χ4n) is 2.62. The second-order valence-electron chi connectivity index (χ2n) is 5.11. The average molecular weight is 288 g/mol. The number of carbonyl (C=O) groups is 1. The molecule has 21 heavy (non-hydrogen) atoms. The SMILES string of the molecule is O=C(O)CC1CN(c2cc3ccccc3c(=O)[nH]2)CCO1. The number of hydrogen-bond acceptors (Lipinski definition) is 4. The van der Waals surface area contributed by atoms with E-state index in [1.54, 1.807) is 6.07 Å². The van der Waals surface area contributed by atoms with E-state index in [4.69, 9.17) is 9.84 Å². The molecule has 110 valence electrons. The molecular formula is C15H16N2O4. The molecule has 2 heterocycles. The van der Waals surface area contributed by atoms with Gasteiger partial charge in [0.05, 0.1) is 19.1 Å². The first-order valence-corrected chi connectivity index (χ1v) is 6.84. The van der Waals surface area contributed by atoms with Crippen LogP contribution in [0.4, 0.5) is 5.82 Å². The summed E-state index contributed by atoms with van der Waals surface area (Å²) in [4.78, 5) is 27.7. The van der Waals surface area contributed by atoms with Crippen molar-refractivity contribution in [3.63, 3.8) is 0 Å². The highest BCUT2D eigenvalue weighted by molar-refractivity contribution is 5.83. The molecule has 0 spiro atoms. The van der Waals surface area contributed by atoms with Crippen molar-refractivity contribution in [1.82, 2.24) is 4.98 Å². The molecule has 6 nitrogen and oxygen atoms in total. The Morgan fingerprint density at radius 1 is 1.43 bits per heavy atom. The van der Waals surface area contributed by atoms with Gasteiger partial charge in [-0.15, -0.1) is 0 Å². The lowest BCUT2D eigenvalue weighted by atomic mass is 10.1. The molecule has 0 saturated carbocycles. The van der Waals surface area contributed by atoms with Crippen LogP contribution in [-0.2, 0) is 9.53 Å². The normalized spacial score (nSPS) is 18.9. The number of H-pyrrole nitrogens is 1. The van der Waals surface area contributed by atoms with Gasteiger partial charge in [-0.2, -0.15) is 0 Å². The number of ether oxygens (including phenoxy) is 1. The van der Waals surface area contributed by atoms with Crippen molar-refractivity contribution in [2.75, 3.05) is 24.6 Å². The molecule has 1 aromatic heterocycles. The van der Waals surface area contributed by atoms with Crippen LogP contribution in [-0.4, -0.2) is 41.9 Å². The number of pyridine rings is 1. The molecule has 0 aliphatic carbocycles. The first-order chi connectivity index (χ1) is 10.1. The smallest absolute Gasteiger partial charge is 0.306 e. The lowest BCUT2D eigenvalue weighted by molar-refractivity contribution is -0.140. The van der Waals surface area contributed by atoms with Crippen LogP contribution in [0.25, 0.3) is 10.8 Å². The van der Waals surface area contributed by atoms with E-state index in [0.29, 0.717) is 30.9 Å². The lowest BCUT2D eigenvalue weighted by Gasteiger charge is -2.33. The third kappa shape index (κ3) is 2.90. The van der Waals surface area contributed by atoms with Gasteiger partial charge in [-0.1, -0.05) is 18.2 Å². The minimum atomic E-state index is -0.881. The van der Waals surface area contributed by atoms with Crippen LogP contribution < -0.4 is 10.5 Å². The summed E-state index contributed by atoms with van der Waals surface area (Å²) in [5, 5.41) is 10.4. The van der Waals surface area contributed by atoms with Crippen LogP contribution in [0.2, 0.25) is 0 Å². The summed E-state index contributed by atoms with van der Waals surface area (Å²) in [5.74, 6) is -0.175. The van der Waals surface area contributed by atoms with Crippen LogP contribution in [0, 0.1) is 0 Å². The molecule has 0 radical (unpaired) electrons. The standard InChI is InChI=1S/C15H16N2O4/c18-14(19)8-11-9-17(5-6-21-11)13-7-10-3-1-2-4-12(10)15(20)16-13/h1-4,7,11H,5-6,8-9H2,(H,16,20)(H,18,19). The number of aromatic amines is 1. The highest BCUT2D eigenvalue weighted by atomic mass is 16.5. The molecule has 1 atom stereocenters. The zero-order chi connectivity index (χ0) is 14.8. The molecule has 6 heteroatoms.